The Morgan fingerprint density at radius 3 is 2.71 bits per heavy atom. The van der Waals surface area contributed by atoms with Crippen molar-refractivity contribution in [3.8, 4) is 5.75 Å². The summed E-state index contributed by atoms with van der Waals surface area (Å²) >= 11 is 0. The van der Waals surface area contributed by atoms with Crippen molar-refractivity contribution in [1.29, 1.82) is 0 Å². The van der Waals surface area contributed by atoms with Crippen LogP contribution in [0.5, 0.6) is 5.75 Å². The molecule has 3 aromatic rings. The quantitative estimate of drug-likeness (QED) is 0.364. The van der Waals surface area contributed by atoms with E-state index in [9.17, 15) is 0 Å². The third-order valence-electron chi connectivity index (χ3n) is 6.75. The van der Waals surface area contributed by atoms with Crippen LogP contribution in [0.3, 0.4) is 0 Å². The summed E-state index contributed by atoms with van der Waals surface area (Å²) in [6.45, 7) is 12.9. The summed E-state index contributed by atoms with van der Waals surface area (Å²) in [7, 11) is 0. The lowest BCUT2D eigenvalue weighted by Crippen LogP contribution is -2.33. The Hall–Kier alpha value is -3.53. The van der Waals surface area contributed by atoms with Crippen LogP contribution in [-0.2, 0) is 6.54 Å². The van der Waals surface area contributed by atoms with Gasteiger partial charge in [-0.2, -0.15) is 4.57 Å². The molecule has 0 amide bonds. The number of hydrogen-bond acceptors (Lipinski definition) is 3. The monoisotopic (exact) mass is 467 g/mol. The second-order valence-corrected chi connectivity index (χ2v) is 10.3. The van der Waals surface area contributed by atoms with Crippen molar-refractivity contribution in [2.24, 2.45) is 5.41 Å². The van der Waals surface area contributed by atoms with E-state index in [4.69, 9.17) is 9.15 Å². The number of anilines is 1. The second-order valence-electron chi connectivity index (χ2n) is 10.3. The summed E-state index contributed by atoms with van der Waals surface area (Å²) < 4.78 is 14.6. The van der Waals surface area contributed by atoms with Gasteiger partial charge in [0.15, 0.2) is 5.75 Å². The number of nitrogens with zero attached hydrogens (tertiary/aromatic N) is 2. The number of para-hydroxylation sites is 2. The Bertz CT molecular complexity index is 1380. The van der Waals surface area contributed by atoms with Crippen LogP contribution in [0.25, 0.3) is 17.2 Å². The van der Waals surface area contributed by atoms with Crippen molar-refractivity contribution in [3.05, 3.63) is 95.3 Å². The molecule has 5 rings (SSSR count). The zero-order valence-electron chi connectivity index (χ0n) is 21.5. The maximum absolute atomic E-state index is 6.22. The lowest BCUT2D eigenvalue weighted by Gasteiger charge is -2.30. The number of allylic oxidation sites excluding steroid dienone is 6. The molecule has 35 heavy (non-hydrogen) atoms. The first-order valence-electron chi connectivity index (χ1n) is 12.6. The van der Waals surface area contributed by atoms with Gasteiger partial charge >= 0.3 is 5.89 Å². The standard InChI is InChI=1S/C31H35N2O2/c1-6-32-25-12-8-9-13-27(25)35-30(32)19-24-18-23(20-31(4,5)21-24)11-10-14-29-33(7-2)26-17-22(3)15-16-28(26)34-29/h8-19H,6-7,20-21H2,1-5H3/q+1. The Kier molecular flexibility index (Phi) is 6.14. The van der Waals surface area contributed by atoms with Gasteiger partial charge in [0.2, 0.25) is 11.5 Å². The highest BCUT2D eigenvalue weighted by atomic mass is 16.5. The van der Waals surface area contributed by atoms with Crippen LogP contribution in [0, 0.1) is 12.3 Å². The summed E-state index contributed by atoms with van der Waals surface area (Å²) in [6.07, 6.45) is 13.0. The molecule has 4 heteroatoms. The van der Waals surface area contributed by atoms with Gasteiger partial charge in [0.1, 0.15) is 6.54 Å². The van der Waals surface area contributed by atoms with Crippen LogP contribution < -0.4 is 14.2 Å². The maximum atomic E-state index is 6.22. The smallest absolute Gasteiger partial charge is 0.374 e. The van der Waals surface area contributed by atoms with E-state index in [1.165, 1.54) is 16.7 Å². The topological polar surface area (TPSA) is 29.5 Å². The molecule has 0 N–H and O–H groups in total. The summed E-state index contributed by atoms with van der Waals surface area (Å²) in [4.78, 5) is 2.22. The van der Waals surface area contributed by atoms with Gasteiger partial charge in [-0.1, -0.05) is 50.3 Å². The minimum absolute atomic E-state index is 0.184. The molecule has 0 saturated carbocycles. The number of ether oxygens (including phenoxy) is 1. The molecule has 180 valence electrons. The van der Waals surface area contributed by atoms with Crippen molar-refractivity contribution in [1.82, 2.24) is 0 Å². The largest absolute Gasteiger partial charge is 0.439 e. The Morgan fingerprint density at radius 1 is 1.09 bits per heavy atom. The zero-order valence-corrected chi connectivity index (χ0v) is 21.5. The molecule has 1 aliphatic carbocycles. The van der Waals surface area contributed by atoms with E-state index in [0.29, 0.717) is 0 Å². The van der Waals surface area contributed by atoms with Gasteiger partial charge in [0, 0.05) is 12.6 Å². The Morgan fingerprint density at radius 2 is 1.91 bits per heavy atom. The van der Waals surface area contributed by atoms with E-state index in [1.807, 2.05) is 12.1 Å². The van der Waals surface area contributed by atoms with E-state index >= 15 is 0 Å². The fourth-order valence-electron chi connectivity index (χ4n) is 5.27. The minimum Gasteiger partial charge on any atom is -0.439 e. The number of benzene rings is 2. The SMILES string of the molecule is CCN1C(=CC=CC2=CC(=Cc3oc4ccccc4[n+]3CC)CC(C)(C)C2)Oc2ccc(C)cc21. The molecule has 0 saturated heterocycles. The van der Waals surface area contributed by atoms with Crippen molar-refractivity contribution < 1.29 is 13.7 Å². The predicted octanol–water partition coefficient (Wildman–Crippen LogP) is 7.49. The fraction of sp³-hybridized carbons (Fsp3) is 0.323. The van der Waals surface area contributed by atoms with Gasteiger partial charge in [0.25, 0.3) is 5.52 Å². The highest BCUT2D eigenvalue weighted by Gasteiger charge is 2.27. The summed E-state index contributed by atoms with van der Waals surface area (Å²) in [6, 6.07) is 14.6. The van der Waals surface area contributed by atoms with E-state index in [0.717, 1.165) is 60.2 Å². The number of aromatic nitrogens is 1. The highest BCUT2D eigenvalue weighted by molar-refractivity contribution is 5.70. The molecule has 0 fully saturated rings. The molecule has 0 radical (unpaired) electrons. The summed E-state index contributed by atoms with van der Waals surface area (Å²) in [5, 5.41) is 0. The molecule has 0 unspecified atom stereocenters. The van der Waals surface area contributed by atoms with Crippen LogP contribution in [0.15, 0.2) is 88.2 Å². The van der Waals surface area contributed by atoms with E-state index in [-0.39, 0.29) is 5.41 Å². The summed E-state index contributed by atoms with van der Waals surface area (Å²) in [5.74, 6) is 2.71. The minimum atomic E-state index is 0.184. The lowest BCUT2D eigenvalue weighted by molar-refractivity contribution is -0.674. The van der Waals surface area contributed by atoms with Gasteiger partial charge in [0.05, 0.1) is 11.8 Å². The molecule has 0 spiro atoms. The molecule has 4 nitrogen and oxygen atoms in total. The van der Waals surface area contributed by atoms with Gasteiger partial charge in [-0.3, -0.25) is 0 Å². The van der Waals surface area contributed by atoms with Crippen molar-refractivity contribution >= 4 is 22.9 Å². The molecule has 2 aliphatic rings. The van der Waals surface area contributed by atoms with Crippen molar-refractivity contribution in [2.75, 3.05) is 11.4 Å². The Labute approximate surface area is 208 Å². The van der Waals surface area contributed by atoms with Crippen molar-refractivity contribution in [3.63, 3.8) is 0 Å². The van der Waals surface area contributed by atoms with E-state index in [2.05, 4.69) is 105 Å². The lowest BCUT2D eigenvalue weighted by atomic mass is 9.75. The molecular formula is C31H35N2O2+. The first-order valence-corrected chi connectivity index (χ1v) is 12.6. The first kappa shape index (κ1) is 23.2. The summed E-state index contributed by atoms with van der Waals surface area (Å²) in [5.41, 5.74) is 7.25. The second kappa shape index (κ2) is 9.26. The third-order valence-corrected chi connectivity index (χ3v) is 6.75. The molecular weight excluding hydrogens is 432 g/mol. The van der Waals surface area contributed by atoms with E-state index in [1.54, 1.807) is 0 Å². The zero-order chi connectivity index (χ0) is 24.6. The van der Waals surface area contributed by atoms with Crippen LogP contribution in [-0.4, -0.2) is 6.54 Å². The van der Waals surface area contributed by atoms with Crippen molar-refractivity contribution in [2.45, 2.75) is 54.0 Å². The van der Waals surface area contributed by atoms with Gasteiger partial charge in [-0.25, -0.2) is 0 Å². The molecule has 0 bridgehead atoms. The normalized spacial score (nSPS) is 19.6. The van der Waals surface area contributed by atoms with Gasteiger partial charge in [-0.15, -0.1) is 0 Å². The van der Waals surface area contributed by atoms with Crippen LogP contribution in [0.2, 0.25) is 0 Å². The number of oxazole rings is 1. The third kappa shape index (κ3) is 4.70. The number of rotatable bonds is 5. The molecule has 2 aromatic carbocycles. The van der Waals surface area contributed by atoms with E-state index < -0.39 is 0 Å². The Balaban J connectivity index is 1.43. The van der Waals surface area contributed by atoms with Crippen LogP contribution in [0.1, 0.15) is 52.0 Å². The number of aryl methyl sites for hydroxylation is 2. The fourth-order valence-corrected chi connectivity index (χ4v) is 5.27. The first-order chi connectivity index (χ1) is 16.9. The molecule has 0 atom stereocenters. The number of fused-ring (bicyclic) bond motifs is 2. The molecule has 1 aromatic heterocycles. The molecule has 2 heterocycles. The number of hydrogen-bond donors (Lipinski definition) is 0. The highest BCUT2D eigenvalue weighted by Crippen LogP contribution is 2.40. The molecule has 1 aliphatic heterocycles. The van der Waals surface area contributed by atoms with Gasteiger partial charge < -0.3 is 14.1 Å². The average molecular weight is 468 g/mol. The van der Waals surface area contributed by atoms with Crippen LogP contribution >= 0.6 is 0 Å². The average Bonchev–Trinajstić information content (AvgIpc) is 3.34. The maximum Gasteiger partial charge on any atom is 0.374 e. The van der Waals surface area contributed by atoms with Crippen LogP contribution in [0.4, 0.5) is 5.69 Å². The van der Waals surface area contributed by atoms with Gasteiger partial charge in [-0.05, 0) is 80.0 Å². The predicted molar refractivity (Wildman–Crippen MR) is 143 cm³/mol.